The molecule has 0 radical (unpaired) electrons. The first kappa shape index (κ1) is 14.5. The molecule has 1 saturated carbocycles. The number of rotatable bonds is 3. The van der Waals surface area contributed by atoms with E-state index in [4.69, 9.17) is 5.11 Å². The number of carbonyl (C=O) groups is 1. The molecule has 0 aromatic heterocycles. The monoisotopic (exact) mass is 242 g/mol. The maximum absolute atomic E-state index is 10.6. The van der Waals surface area contributed by atoms with E-state index >= 15 is 0 Å². The van der Waals surface area contributed by atoms with E-state index in [2.05, 4.69) is 27.7 Å². The number of hydrogen-bond acceptors (Lipinski definition) is 2. The van der Waals surface area contributed by atoms with E-state index in [9.17, 15) is 9.90 Å². The maximum atomic E-state index is 10.6. The summed E-state index contributed by atoms with van der Waals surface area (Å²) < 4.78 is 0. The van der Waals surface area contributed by atoms with Crippen LogP contribution in [0.25, 0.3) is 0 Å². The molecule has 100 valence electrons. The van der Waals surface area contributed by atoms with Crippen LogP contribution < -0.4 is 0 Å². The van der Waals surface area contributed by atoms with Gasteiger partial charge in [0, 0.05) is 6.42 Å². The molecule has 1 fully saturated rings. The van der Waals surface area contributed by atoms with E-state index in [1.807, 2.05) is 0 Å². The zero-order valence-corrected chi connectivity index (χ0v) is 11.4. The third-order valence-electron chi connectivity index (χ3n) is 4.17. The van der Waals surface area contributed by atoms with Crippen molar-refractivity contribution in [3.8, 4) is 0 Å². The van der Waals surface area contributed by atoms with Crippen molar-refractivity contribution < 1.29 is 15.0 Å². The Bertz CT molecular complexity index is 267. The molecule has 0 aromatic carbocycles. The fraction of sp³-hybridized carbons (Fsp3) is 0.929. The van der Waals surface area contributed by atoms with Crippen LogP contribution >= 0.6 is 0 Å². The predicted octanol–water partition coefficient (Wildman–Crippen LogP) is 2.92. The SMILES string of the molecule is CC1CC(CCC(=O)O)CC(C(C)(C)C)C1O. The Morgan fingerprint density at radius 2 is 1.88 bits per heavy atom. The van der Waals surface area contributed by atoms with Gasteiger partial charge in [-0.05, 0) is 42.4 Å². The normalized spacial score (nSPS) is 34.6. The molecule has 4 unspecified atom stereocenters. The predicted molar refractivity (Wildman–Crippen MR) is 67.7 cm³/mol. The van der Waals surface area contributed by atoms with Crippen molar-refractivity contribution in [3.05, 3.63) is 0 Å². The van der Waals surface area contributed by atoms with Gasteiger partial charge in [0.25, 0.3) is 0 Å². The molecule has 0 aliphatic heterocycles. The molecule has 3 nitrogen and oxygen atoms in total. The van der Waals surface area contributed by atoms with Crippen molar-refractivity contribution in [3.63, 3.8) is 0 Å². The summed E-state index contributed by atoms with van der Waals surface area (Å²) in [5, 5.41) is 19.0. The van der Waals surface area contributed by atoms with Crippen molar-refractivity contribution in [1.29, 1.82) is 0 Å². The van der Waals surface area contributed by atoms with Gasteiger partial charge in [-0.15, -0.1) is 0 Å². The molecule has 4 atom stereocenters. The molecule has 0 aromatic rings. The fourth-order valence-electron chi connectivity index (χ4n) is 3.09. The largest absolute Gasteiger partial charge is 0.481 e. The molecule has 1 aliphatic rings. The zero-order valence-electron chi connectivity index (χ0n) is 11.4. The molecule has 2 N–H and O–H groups in total. The van der Waals surface area contributed by atoms with Gasteiger partial charge >= 0.3 is 5.97 Å². The van der Waals surface area contributed by atoms with Gasteiger partial charge in [-0.1, -0.05) is 27.7 Å². The smallest absolute Gasteiger partial charge is 0.303 e. The van der Waals surface area contributed by atoms with E-state index in [-0.39, 0.29) is 29.8 Å². The highest BCUT2D eigenvalue weighted by Crippen LogP contribution is 2.44. The lowest BCUT2D eigenvalue weighted by Gasteiger charge is -2.44. The molecule has 0 spiro atoms. The van der Waals surface area contributed by atoms with Gasteiger partial charge in [0.05, 0.1) is 6.10 Å². The Balaban J connectivity index is 2.63. The molecule has 1 aliphatic carbocycles. The highest BCUT2D eigenvalue weighted by molar-refractivity contribution is 5.66. The number of hydrogen-bond donors (Lipinski definition) is 2. The standard InChI is InChI=1S/C14H26O3/c1-9-7-10(5-6-12(15)16)8-11(13(9)17)14(2,3)4/h9-11,13,17H,5-8H2,1-4H3,(H,15,16). The summed E-state index contributed by atoms with van der Waals surface area (Å²) in [7, 11) is 0. The van der Waals surface area contributed by atoms with Crippen molar-refractivity contribution >= 4 is 5.97 Å². The molecular formula is C14H26O3. The minimum absolute atomic E-state index is 0.0928. The van der Waals surface area contributed by atoms with Crippen molar-refractivity contribution in [1.82, 2.24) is 0 Å². The lowest BCUT2D eigenvalue weighted by molar-refractivity contribution is -0.137. The lowest BCUT2D eigenvalue weighted by atomic mass is 9.63. The number of carboxylic acids is 1. The van der Waals surface area contributed by atoms with Gasteiger partial charge in [-0.3, -0.25) is 4.79 Å². The summed E-state index contributed by atoms with van der Waals surface area (Å²) in [6.07, 6.45) is 2.68. The van der Waals surface area contributed by atoms with Gasteiger partial charge in [0.15, 0.2) is 0 Å². The van der Waals surface area contributed by atoms with E-state index in [0.29, 0.717) is 5.92 Å². The lowest BCUT2D eigenvalue weighted by Crippen LogP contribution is -2.42. The Morgan fingerprint density at radius 3 is 2.35 bits per heavy atom. The Morgan fingerprint density at radius 1 is 1.29 bits per heavy atom. The van der Waals surface area contributed by atoms with Crippen molar-refractivity contribution in [2.45, 2.75) is 59.5 Å². The maximum Gasteiger partial charge on any atom is 0.303 e. The number of aliphatic hydroxyl groups is 1. The summed E-state index contributed by atoms with van der Waals surface area (Å²) in [5.74, 6) is 0.307. The van der Waals surface area contributed by atoms with E-state index in [0.717, 1.165) is 19.3 Å². The van der Waals surface area contributed by atoms with Crippen LogP contribution in [0.4, 0.5) is 0 Å². The Labute approximate surface area is 104 Å². The highest BCUT2D eigenvalue weighted by Gasteiger charge is 2.40. The number of carboxylic acid groups (broad SMARTS) is 1. The van der Waals surface area contributed by atoms with Crippen LogP contribution in [0.2, 0.25) is 0 Å². The quantitative estimate of drug-likeness (QED) is 0.800. The minimum atomic E-state index is -0.712. The number of aliphatic hydroxyl groups excluding tert-OH is 1. The van der Waals surface area contributed by atoms with Gasteiger partial charge in [-0.25, -0.2) is 0 Å². The molecule has 1 rings (SSSR count). The molecule has 0 bridgehead atoms. The van der Waals surface area contributed by atoms with Gasteiger partial charge in [0.2, 0.25) is 0 Å². The summed E-state index contributed by atoms with van der Waals surface area (Å²) in [6, 6.07) is 0. The fourth-order valence-corrected chi connectivity index (χ4v) is 3.09. The third kappa shape index (κ3) is 3.98. The molecule has 3 heteroatoms. The molecule has 0 saturated heterocycles. The average Bonchev–Trinajstić information content (AvgIpc) is 2.17. The van der Waals surface area contributed by atoms with Crippen molar-refractivity contribution in [2.24, 2.45) is 23.2 Å². The van der Waals surface area contributed by atoms with Gasteiger partial charge in [-0.2, -0.15) is 0 Å². The van der Waals surface area contributed by atoms with Crippen LogP contribution in [-0.4, -0.2) is 22.3 Å². The Kier molecular flexibility index (Phi) is 4.59. The first-order chi connectivity index (χ1) is 7.71. The van der Waals surface area contributed by atoms with Crippen LogP contribution in [0, 0.1) is 23.2 Å². The summed E-state index contributed by atoms with van der Waals surface area (Å²) in [5.41, 5.74) is 0.0928. The van der Waals surface area contributed by atoms with Crippen LogP contribution in [-0.2, 0) is 4.79 Å². The van der Waals surface area contributed by atoms with Crippen molar-refractivity contribution in [2.75, 3.05) is 0 Å². The topological polar surface area (TPSA) is 57.5 Å². The zero-order chi connectivity index (χ0) is 13.2. The van der Waals surface area contributed by atoms with Crippen LogP contribution in [0.5, 0.6) is 0 Å². The first-order valence-corrected chi connectivity index (χ1v) is 6.61. The van der Waals surface area contributed by atoms with Crippen LogP contribution in [0.3, 0.4) is 0 Å². The van der Waals surface area contributed by atoms with Crippen LogP contribution in [0.15, 0.2) is 0 Å². The van der Waals surface area contributed by atoms with E-state index in [1.54, 1.807) is 0 Å². The van der Waals surface area contributed by atoms with E-state index < -0.39 is 5.97 Å². The van der Waals surface area contributed by atoms with E-state index in [1.165, 1.54) is 0 Å². The third-order valence-corrected chi connectivity index (χ3v) is 4.17. The molecule has 17 heavy (non-hydrogen) atoms. The van der Waals surface area contributed by atoms with Crippen LogP contribution in [0.1, 0.15) is 53.4 Å². The Hall–Kier alpha value is -0.570. The summed E-state index contributed by atoms with van der Waals surface area (Å²) in [6.45, 7) is 8.56. The second kappa shape index (κ2) is 5.38. The molecular weight excluding hydrogens is 216 g/mol. The second-order valence-corrected chi connectivity index (χ2v) is 6.71. The first-order valence-electron chi connectivity index (χ1n) is 6.61. The molecule has 0 heterocycles. The summed E-state index contributed by atoms with van der Waals surface area (Å²) >= 11 is 0. The number of aliphatic carboxylic acids is 1. The van der Waals surface area contributed by atoms with Gasteiger partial charge < -0.3 is 10.2 Å². The van der Waals surface area contributed by atoms with Gasteiger partial charge in [0.1, 0.15) is 0 Å². The highest BCUT2D eigenvalue weighted by atomic mass is 16.4. The average molecular weight is 242 g/mol. The summed E-state index contributed by atoms with van der Waals surface area (Å²) in [4.78, 5) is 10.6. The minimum Gasteiger partial charge on any atom is -0.481 e. The molecule has 0 amide bonds. The second-order valence-electron chi connectivity index (χ2n) is 6.71.